The molecule has 2 aromatic carbocycles. The summed E-state index contributed by atoms with van der Waals surface area (Å²) in [5.41, 5.74) is 4.78. The maximum atomic E-state index is 11.0. The summed E-state index contributed by atoms with van der Waals surface area (Å²) in [4.78, 5) is 12.4. The number of hydrogen-bond acceptors (Lipinski definition) is 5. The smallest absolute Gasteiger partial charge is 0.273 e. The van der Waals surface area contributed by atoms with Crippen LogP contribution >= 0.6 is 15.9 Å². The van der Waals surface area contributed by atoms with Crippen LogP contribution in [-0.4, -0.2) is 12.0 Å². The number of benzene rings is 2. The van der Waals surface area contributed by atoms with Crippen LogP contribution in [0.25, 0.3) is 0 Å². The molecule has 21 heavy (non-hydrogen) atoms. The Labute approximate surface area is 130 Å². The van der Waals surface area contributed by atoms with Gasteiger partial charge in [0.05, 0.1) is 10.6 Å². The Kier molecular flexibility index (Phi) is 4.77. The van der Waals surface area contributed by atoms with Gasteiger partial charge in [0.2, 0.25) is 0 Å². The van der Waals surface area contributed by atoms with Crippen molar-refractivity contribution in [3.63, 3.8) is 0 Å². The molecular weight excluding hydrogens is 336 g/mol. The van der Waals surface area contributed by atoms with Crippen LogP contribution in [-0.2, 0) is 6.54 Å². The van der Waals surface area contributed by atoms with E-state index >= 15 is 0 Å². The number of nitrogen functional groups attached to an aromatic ring is 1. The molecule has 0 heterocycles. The highest BCUT2D eigenvalue weighted by atomic mass is 79.9. The molecular formula is C14H15BrN4O2. The highest BCUT2D eigenvalue weighted by molar-refractivity contribution is 9.10. The maximum absolute atomic E-state index is 11.0. The summed E-state index contributed by atoms with van der Waals surface area (Å²) in [5, 5.41) is 11.0. The lowest BCUT2D eigenvalue weighted by molar-refractivity contribution is -0.384. The standard InChI is InChI=1S/C14H15BrN4O2/c1-18(9-10-2-4-11(15)5-3-10)13-6-12(17-16)7-14(8-13)19(20)21/h2-8,17H,9,16H2,1H3. The van der Waals surface area contributed by atoms with Crippen molar-refractivity contribution in [1.29, 1.82) is 0 Å². The number of hydrogen-bond donors (Lipinski definition) is 2. The van der Waals surface area contributed by atoms with Crippen LogP contribution in [0.5, 0.6) is 0 Å². The van der Waals surface area contributed by atoms with Crippen molar-refractivity contribution in [2.24, 2.45) is 5.84 Å². The van der Waals surface area contributed by atoms with Gasteiger partial charge in [-0.05, 0) is 23.8 Å². The van der Waals surface area contributed by atoms with Crippen molar-refractivity contribution in [1.82, 2.24) is 0 Å². The molecule has 0 atom stereocenters. The average molecular weight is 351 g/mol. The number of non-ortho nitro benzene ring substituents is 1. The molecule has 0 fully saturated rings. The summed E-state index contributed by atoms with van der Waals surface area (Å²) in [5.74, 6) is 5.36. The summed E-state index contributed by atoms with van der Waals surface area (Å²) < 4.78 is 1.01. The monoisotopic (exact) mass is 350 g/mol. The van der Waals surface area contributed by atoms with Crippen molar-refractivity contribution in [2.45, 2.75) is 6.54 Å². The molecule has 110 valence electrons. The number of anilines is 2. The predicted octanol–water partition coefficient (Wildman–Crippen LogP) is 3.28. The molecule has 0 unspecified atom stereocenters. The number of rotatable bonds is 5. The molecule has 7 heteroatoms. The van der Waals surface area contributed by atoms with Crippen LogP contribution in [0.2, 0.25) is 0 Å². The van der Waals surface area contributed by atoms with Gasteiger partial charge in [-0.2, -0.15) is 0 Å². The minimum atomic E-state index is -0.433. The summed E-state index contributed by atoms with van der Waals surface area (Å²) in [6.45, 7) is 0.637. The fourth-order valence-corrected chi connectivity index (χ4v) is 2.22. The van der Waals surface area contributed by atoms with Gasteiger partial charge >= 0.3 is 0 Å². The number of nitro benzene ring substituents is 1. The van der Waals surface area contributed by atoms with E-state index in [1.165, 1.54) is 12.1 Å². The minimum Gasteiger partial charge on any atom is -0.370 e. The minimum absolute atomic E-state index is 0.00288. The van der Waals surface area contributed by atoms with Crippen molar-refractivity contribution in [3.8, 4) is 0 Å². The number of nitrogens with zero attached hydrogens (tertiary/aromatic N) is 2. The molecule has 2 aromatic rings. The first-order chi connectivity index (χ1) is 9.99. The number of nitro groups is 1. The maximum Gasteiger partial charge on any atom is 0.273 e. The third kappa shape index (κ3) is 3.93. The Morgan fingerprint density at radius 1 is 1.29 bits per heavy atom. The van der Waals surface area contributed by atoms with Crippen LogP contribution in [0.1, 0.15) is 5.56 Å². The third-order valence-corrected chi connectivity index (χ3v) is 3.58. The Morgan fingerprint density at radius 3 is 2.52 bits per heavy atom. The van der Waals surface area contributed by atoms with Gasteiger partial charge in [-0.3, -0.25) is 16.0 Å². The summed E-state index contributed by atoms with van der Waals surface area (Å²) in [7, 11) is 1.88. The van der Waals surface area contributed by atoms with Gasteiger partial charge in [-0.1, -0.05) is 28.1 Å². The lowest BCUT2D eigenvalue weighted by atomic mass is 10.2. The number of nitrogens with two attached hydrogens (primary N) is 1. The van der Waals surface area contributed by atoms with Gasteiger partial charge in [-0.25, -0.2) is 0 Å². The quantitative estimate of drug-likeness (QED) is 0.491. The molecule has 2 rings (SSSR count). The van der Waals surface area contributed by atoms with E-state index in [-0.39, 0.29) is 5.69 Å². The summed E-state index contributed by atoms with van der Waals surface area (Å²) in [6.07, 6.45) is 0. The zero-order valence-corrected chi connectivity index (χ0v) is 13.0. The molecule has 0 aliphatic heterocycles. The van der Waals surface area contributed by atoms with Crippen LogP contribution in [0.3, 0.4) is 0 Å². The SMILES string of the molecule is CN(Cc1ccc(Br)cc1)c1cc(NN)cc([N+](=O)[O-])c1. The molecule has 0 aliphatic rings. The van der Waals surface area contributed by atoms with Crippen LogP contribution in [0.4, 0.5) is 17.1 Å². The first kappa shape index (κ1) is 15.3. The van der Waals surface area contributed by atoms with Crippen molar-refractivity contribution in [2.75, 3.05) is 17.4 Å². The van der Waals surface area contributed by atoms with Gasteiger partial charge in [0.25, 0.3) is 5.69 Å². The average Bonchev–Trinajstić information content (AvgIpc) is 2.49. The van der Waals surface area contributed by atoms with E-state index in [1.807, 2.05) is 36.2 Å². The first-order valence-electron chi connectivity index (χ1n) is 6.21. The lowest BCUT2D eigenvalue weighted by Crippen LogP contribution is -2.17. The lowest BCUT2D eigenvalue weighted by Gasteiger charge is -2.20. The van der Waals surface area contributed by atoms with Crippen LogP contribution in [0, 0.1) is 10.1 Å². The first-order valence-corrected chi connectivity index (χ1v) is 7.00. The van der Waals surface area contributed by atoms with Gasteiger partial charge in [-0.15, -0.1) is 0 Å². The largest absolute Gasteiger partial charge is 0.370 e. The number of nitrogens with one attached hydrogen (secondary N) is 1. The molecule has 0 bridgehead atoms. The van der Waals surface area contributed by atoms with Gasteiger partial charge in [0.1, 0.15) is 0 Å². The van der Waals surface area contributed by atoms with Crippen LogP contribution < -0.4 is 16.2 Å². The molecule has 0 aromatic heterocycles. The second-order valence-electron chi connectivity index (χ2n) is 4.62. The number of hydrazine groups is 1. The third-order valence-electron chi connectivity index (χ3n) is 3.05. The van der Waals surface area contributed by atoms with E-state index in [2.05, 4.69) is 21.4 Å². The Balaban J connectivity index is 2.25. The van der Waals surface area contributed by atoms with E-state index in [1.54, 1.807) is 6.07 Å². The molecule has 6 nitrogen and oxygen atoms in total. The van der Waals surface area contributed by atoms with Crippen molar-refractivity contribution in [3.05, 3.63) is 62.6 Å². The van der Waals surface area contributed by atoms with Crippen molar-refractivity contribution < 1.29 is 4.92 Å². The van der Waals surface area contributed by atoms with E-state index in [9.17, 15) is 10.1 Å². The Morgan fingerprint density at radius 2 is 1.95 bits per heavy atom. The molecule has 0 aliphatic carbocycles. The molecule has 0 spiro atoms. The van der Waals surface area contributed by atoms with Crippen LogP contribution in [0.15, 0.2) is 46.9 Å². The summed E-state index contributed by atoms with van der Waals surface area (Å²) >= 11 is 3.39. The zero-order valence-electron chi connectivity index (χ0n) is 11.4. The van der Waals surface area contributed by atoms with E-state index in [0.717, 1.165) is 15.7 Å². The number of halogens is 1. The second-order valence-corrected chi connectivity index (χ2v) is 5.54. The Hall–Kier alpha value is -2.12. The molecule has 3 N–H and O–H groups in total. The fraction of sp³-hybridized carbons (Fsp3) is 0.143. The molecule has 0 amide bonds. The Bertz CT molecular complexity index is 646. The zero-order chi connectivity index (χ0) is 15.4. The highest BCUT2D eigenvalue weighted by Gasteiger charge is 2.12. The van der Waals surface area contributed by atoms with Crippen molar-refractivity contribution >= 4 is 33.0 Å². The highest BCUT2D eigenvalue weighted by Crippen LogP contribution is 2.27. The fourth-order valence-electron chi connectivity index (χ4n) is 1.96. The normalized spacial score (nSPS) is 10.2. The second kappa shape index (κ2) is 6.55. The predicted molar refractivity (Wildman–Crippen MR) is 87.2 cm³/mol. The van der Waals surface area contributed by atoms with Gasteiger partial charge in [0.15, 0.2) is 0 Å². The van der Waals surface area contributed by atoms with E-state index in [4.69, 9.17) is 5.84 Å². The van der Waals surface area contributed by atoms with E-state index < -0.39 is 4.92 Å². The van der Waals surface area contributed by atoms with Gasteiger partial charge in [0, 0.05) is 35.9 Å². The topological polar surface area (TPSA) is 84.4 Å². The molecule has 0 saturated heterocycles. The summed E-state index contributed by atoms with van der Waals surface area (Å²) in [6, 6.07) is 12.6. The van der Waals surface area contributed by atoms with Gasteiger partial charge < -0.3 is 10.3 Å². The molecule has 0 radical (unpaired) electrons. The van der Waals surface area contributed by atoms with E-state index in [0.29, 0.717) is 12.2 Å². The molecule has 0 saturated carbocycles.